The largest absolute Gasteiger partial charge is 0.481 e. The molecule has 3 aromatic carbocycles. The smallest absolute Gasteiger partial charge is 0.263 e. The van der Waals surface area contributed by atoms with Crippen LogP contribution in [0.2, 0.25) is 0 Å². The van der Waals surface area contributed by atoms with Gasteiger partial charge in [0.15, 0.2) is 15.9 Å². The van der Waals surface area contributed by atoms with Crippen molar-refractivity contribution in [1.82, 2.24) is 4.90 Å². The second-order valence-electron chi connectivity index (χ2n) is 7.88. The lowest BCUT2D eigenvalue weighted by Crippen LogP contribution is -2.46. The fraction of sp³-hybridized carbons (Fsp3) is 0.292. The van der Waals surface area contributed by atoms with Gasteiger partial charge < -0.3 is 9.64 Å². The van der Waals surface area contributed by atoms with Crippen LogP contribution in [0.5, 0.6) is 5.75 Å². The summed E-state index contributed by atoms with van der Waals surface area (Å²) in [5.74, 6) is -0.275. The molecule has 1 fully saturated rings. The average molecular weight is 442 g/mol. The van der Waals surface area contributed by atoms with E-state index >= 15 is 0 Å². The molecule has 0 spiro atoms. The molecule has 1 amide bonds. The molecule has 0 radical (unpaired) electrons. The van der Waals surface area contributed by atoms with Crippen LogP contribution in [0.15, 0.2) is 66.7 Å². The summed E-state index contributed by atoms with van der Waals surface area (Å²) >= 11 is 0. The summed E-state index contributed by atoms with van der Waals surface area (Å²) in [6, 6.07) is 18.9. The molecule has 4 rings (SSSR count). The minimum Gasteiger partial charge on any atom is -0.481 e. The van der Waals surface area contributed by atoms with Gasteiger partial charge in [-0.3, -0.25) is 4.79 Å². The number of nitrogens with zero attached hydrogens (tertiary/aromatic N) is 1. The molecule has 1 aliphatic heterocycles. The third kappa shape index (κ3) is 4.88. The molecule has 0 aromatic heterocycles. The molecule has 1 saturated heterocycles. The van der Waals surface area contributed by atoms with Crippen LogP contribution in [0.25, 0.3) is 10.8 Å². The second-order valence-corrected chi connectivity index (χ2v) is 10.1. The molecule has 31 heavy (non-hydrogen) atoms. The van der Waals surface area contributed by atoms with Crippen LogP contribution < -0.4 is 4.74 Å². The Kier molecular flexibility index (Phi) is 5.96. The Labute approximate surface area is 181 Å². The van der Waals surface area contributed by atoms with Gasteiger partial charge >= 0.3 is 0 Å². The lowest BCUT2D eigenvalue weighted by atomic mass is 10.0. The third-order valence-electron chi connectivity index (χ3n) is 5.63. The second kappa shape index (κ2) is 8.67. The third-order valence-corrected chi connectivity index (χ3v) is 7.38. The number of hydrogen-bond donors (Lipinski definition) is 0. The molecule has 0 bridgehead atoms. The zero-order valence-electron chi connectivity index (χ0n) is 17.2. The highest BCUT2D eigenvalue weighted by Gasteiger charge is 2.36. The van der Waals surface area contributed by atoms with Crippen molar-refractivity contribution >= 4 is 26.5 Å². The number of carbonyl (C=O) groups excluding carboxylic acids is 1. The summed E-state index contributed by atoms with van der Waals surface area (Å²) in [6.07, 6.45) is -0.439. The van der Waals surface area contributed by atoms with Crippen molar-refractivity contribution in [3.63, 3.8) is 0 Å². The molecular weight excluding hydrogens is 417 g/mol. The van der Waals surface area contributed by atoms with E-state index in [0.29, 0.717) is 12.2 Å². The molecule has 162 valence electrons. The predicted molar refractivity (Wildman–Crippen MR) is 118 cm³/mol. The zero-order valence-corrected chi connectivity index (χ0v) is 18.0. The summed E-state index contributed by atoms with van der Waals surface area (Å²) in [7, 11) is -3.17. The topological polar surface area (TPSA) is 63.7 Å². The van der Waals surface area contributed by atoms with Gasteiger partial charge in [-0.05, 0) is 53.9 Å². The summed E-state index contributed by atoms with van der Waals surface area (Å²) in [5.41, 5.74) is 0.949. The van der Waals surface area contributed by atoms with Crippen LogP contribution in [0.4, 0.5) is 4.39 Å². The van der Waals surface area contributed by atoms with Crippen molar-refractivity contribution in [1.29, 1.82) is 0 Å². The minimum absolute atomic E-state index is 0.0488. The number of benzene rings is 3. The Balaban J connectivity index is 1.62. The van der Waals surface area contributed by atoms with Gasteiger partial charge in [0, 0.05) is 12.6 Å². The van der Waals surface area contributed by atoms with Gasteiger partial charge in [0.25, 0.3) is 5.91 Å². The highest BCUT2D eigenvalue weighted by Crippen LogP contribution is 2.26. The summed E-state index contributed by atoms with van der Waals surface area (Å²) in [5, 5.41) is 2.08. The number of fused-ring (bicyclic) bond motifs is 1. The first kappa shape index (κ1) is 21.3. The Bertz CT molecular complexity index is 1190. The Morgan fingerprint density at radius 3 is 2.52 bits per heavy atom. The van der Waals surface area contributed by atoms with E-state index in [1.54, 1.807) is 11.8 Å². The van der Waals surface area contributed by atoms with E-state index in [9.17, 15) is 17.6 Å². The molecule has 2 atom stereocenters. The molecule has 0 unspecified atom stereocenters. The van der Waals surface area contributed by atoms with E-state index in [0.717, 1.165) is 16.3 Å². The van der Waals surface area contributed by atoms with Gasteiger partial charge in [-0.1, -0.05) is 42.5 Å². The number of hydrogen-bond acceptors (Lipinski definition) is 4. The summed E-state index contributed by atoms with van der Waals surface area (Å²) in [6.45, 7) is 1.92. The van der Waals surface area contributed by atoms with Crippen molar-refractivity contribution in [2.24, 2.45) is 0 Å². The normalized spacial score (nSPS) is 18.6. The zero-order chi connectivity index (χ0) is 22.0. The number of halogens is 1. The highest BCUT2D eigenvalue weighted by atomic mass is 32.2. The van der Waals surface area contributed by atoms with Crippen LogP contribution in [-0.4, -0.2) is 42.9 Å². The van der Waals surface area contributed by atoms with E-state index in [4.69, 9.17) is 4.74 Å². The maximum Gasteiger partial charge on any atom is 0.263 e. The van der Waals surface area contributed by atoms with Crippen LogP contribution >= 0.6 is 0 Å². The molecule has 5 nitrogen and oxygen atoms in total. The maximum absolute atomic E-state index is 13.4. The van der Waals surface area contributed by atoms with E-state index in [1.165, 1.54) is 24.3 Å². The predicted octanol–water partition coefficient (Wildman–Crippen LogP) is 3.96. The van der Waals surface area contributed by atoms with Crippen molar-refractivity contribution in [2.75, 3.05) is 11.5 Å². The van der Waals surface area contributed by atoms with Crippen molar-refractivity contribution in [2.45, 2.75) is 32.0 Å². The number of sulfone groups is 1. The SMILES string of the molecule is C[C@H](Oc1ccc(F)cc1)C(=O)N(Cc1cccc2ccccc12)[C@@H]1CCS(=O)(=O)C1. The first-order valence-corrected chi connectivity index (χ1v) is 12.0. The first-order chi connectivity index (χ1) is 14.8. The molecule has 0 N–H and O–H groups in total. The molecular formula is C24H24FNO4S. The Morgan fingerprint density at radius 2 is 1.81 bits per heavy atom. The van der Waals surface area contributed by atoms with Crippen LogP contribution in [0.1, 0.15) is 18.9 Å². The molecule has 0 saturated carbocycles. The molecule has 7 heteroatoms. The molecule has 1 heterocycles. The first-order valence-electron chi connectivity index (χ1n) is 10.2. The van der Waals surface area contributed by atoms with E-state index < -0.39 is 22.0 Å². The standard InChI is InChI=1S/C24H24FNO4S/c1-17(30-22-11-9-20(25)10-12-22)24(27)26(21-13-14-31(28,29)16-21)15-19-7-4-6-18-5-2-3-8-23(18)19/h2-12,17,21H,13-16H2,1H3/t17-,21+/m0/s1. The number of ether oxygens (including phenoxy) is 1. The van der Waals surface area contributed by atoms with Crippen LogP contribution in [0.3, 0.4) is 0 Å². The van der Waals surface area contributed by atoms with Gasteiger partial charge in [0.1, 0.15) is 11.6 Å². The van der Waals surface area contributed by atoms with Gasteiger partial charge in [0.05, 0.1) is 11.5 Å². The lowest BCUT2D eigenvalue weighted by Gasteiger charge is -2.31. The fourth-order valence-electron chi connectivity index (χ4n) is 4.02. The van der Waals surface area contributed by atoms with Crippen LogP contribution in [-0.2, 0) is 21.2 Å². The summed E-state index contributed by atoms with van der Waals surface area (Å²) in [4.78, 5) is 15.0. The fourth-order valence-corrected chi connectivity index (χ4v) is 5.75. The number of amides is 1. The molecule has 0 aliphatic carbocycles. The van der Waals surface area contributed by atoms with Gasteiger partial charge in [-0.25, -0.2) is 12.8 Å². The Morgan fingerprint density at radius 1 is 1.10 bits per heavy atom. The highest BCUT2D eigenvalue weighted by molar-refractivity contribution is 7.91. The monoisotopic (exact) mass is 441 g/mol. The minimum atomic E-state index is -3.17. The van der Waals surface area contributed by atoms with E-state index in [-0.39, 0.29) is 29.8 Å². The van der Waals surface area contributed by atoms with Crippen molar-refractivity contribution in [3.8, 4) is 5.75 Å². The van der Waals surface area contributed by atoms with Crippen molar-refractivity contribution in [3.05, 3.63) is 78.1 Å². The van der Waals surface area contributed by atoms with Gasteiger partial charge in [-0.2, -0.15) is 0 Å². The number of rotatable bonds is 6. The molecule has 1 aliphatic rings. The van der Waals surface area contributed by atoms with E-state index in [2.05, 4.69) is 0 Å². The quantitative estimate of drug-likeness (QED) is 0.581. The lowest BCUT2D eigenvalue weighted by molar-refractivity contribution is -0.140. The average Bonchev–Trinajstić information content (AvgIpc) is 3.12. The molecule has 3 aromatic rings. The van der Waals surface area contributed by atoms with Gasteiger partial charge in [0.2, 0.25) is 0 Å². The Hall–Kier alpha value is -2.93. The number of carbonyl (C=O) groups is 1. The maximum atomic E-state index is 13.4. The van der Waals surface area contributed by atoms with Crippen LogP contribution in [0, 0.1) is 5.82 Å². The summed E-state index contributed by atoms with van der Waals surface area (Å²) < 4.78 is 43.2. The van der Waals surface area contributed by atoms with Gasteiger partial charge in [-0.15, -0.1) is 0 Å². The van der Waals surface area contributed by atoms with Crippen molar-refractivity contribution < 1.29 is 22.3 Å². The van der Waals surface area contributed by atoms with E-state index in [1.807, 2.05) is 42.5 Å².